The van der Waals surface area contributed by atoms with Gasteiger partial charge in [0.2, 0.25) is 10.0 Å². The van der Waals surface area contributed by atoms with E-state index < -0.39 is 21.9 Å². The number of ether oxygens (including phenoxy) is 2. The van der Waals surface area contributed by atoms with E-state index in [1.54, 1.807) is 43.1 Å². The predicted molar refractivity (Wildman–Crippen MR) is 144 cm³/mol. The van der Waals surface area contributed by atoms with Crippen LogP contribution in [-0.4, -0.2) is 58.6 Å². The molecule has 1 aliphatic heterocycles. The Kier molecular flexibility index (Phi) is 7.04. The van der Waals surface area contributed by atoms with Crippen molar-refractivity contribution < 1.29 is 27.8 Å². The normalized spacial score (nSPS) is 17.7. The van der Waals surface area contributed by atoms with E-state index >= 15 is 0 Å². The minimum absolute atomic E-state index is 0.121. The van der Waals surface area contributed by atoms with Crippen LogP contribution in [0.1, 0.15) is 41.5 Å². The molecular formula is C28H30N4O6S. The summed E-state index contributed by atoms with van der Waals surface area (Å²) in [4.78, 5) is 12.1. The van der Waals surface area contributed by atoms with E-state index in [4.69, 9.17) is 9.47 Å². The lowest BCUT2D eigenvalue weighted by Gasteiger charge is -2.24. The molecule has 0 saturated heterocycles. The summed E-state index contributed by atoms with van der Waals surface area (Å²) in [5.74, 6) is -0.599. The van der Waals surface area contributed by atoms with Crippen molar-refractivity contribution in [1.29, 1.82) is 0 Å². The quantitative estimate of drug-likeness (QED) is 0.368. The van der Waals surface area contributed by atoms with E-state index in [-0.39, 0.29) is 30.5 Å². The highest BCUT2D eigenvalue weighted by Gasteiger charge is 2.33. The molecule has 3 aromatic carbocycles. The summed E-state index contributed by atoms with van der Waals surface area (Å²) < 4.78 is 41.7. The number of aromatic nitrogens is 3. The molecule has 2 heterocycles. The van der Waals surface area contributed by atoms with Crippen LogP contribution < -0.4 is 9.47 Å². The Hall–Kier alpha value is -3.96. The molecule has 5 rings (SSSR count). The minimum Gasteiger partial charge on any atom is -0.494 e. The number of aliphatic carboxylic acids is 1. The van der Waals surface area contributed by atoms with Crippen molar-refractivity contribution in [2.45, 2.75) is 43.7 Å². The number of hydrogen-bond donors (Lipinski definition) is 1. The Bertz CT molecular complexity index is 1670. The number of carbonyl (C=O) groups is 1. The van der Waals surface area contributed by atoms with E-state index in [9.17, 15) is 18.3 Å². The standard InChI is InChI=1S/C28H30N4O6S/c1-17-9-10-19(22(14-27(33)34)20-12-23-28(25(13-20)37-4)31(3)30-29-23)11-21(17)16-32-15-18(2)38-24-7-5-6-8-26(24)39(32,35)36/h5-13,18,22H,14-16H2,1-4H3,(H,33,34)/t18-,22-/m1/s1. The maximum absolute atomic E-state index is 13.6. The van der Waals surface area contributed by atoms with Gasteiger partial charge in [0.1, 0.15) is 33.5 Å². The van der Waals surface area contributed by atoms with Crippen molar-refractivity contribution in [3.8, 4) is 11.5 Å². The highest BCUT2D eigenvalue weighted by molar-refractivity contribution is 7.89. The summed E-state index contributed by atoms with van der Waals surface area (Å²) in [5.41, 5.74) is 4.46. The topological polar surface area (TPSA) is 124 Å². The highest BCUT2D eigenvalue weighted by atomic mass is 32.2. The van der Waals surface area contributed by atoms with Crippen LogP contribution in [0.15, 0.2) is 59.5 Å². The average Bonchev–Trinajstić information content (AvgIpc) is 3.24. The molecule has 1 aromatic heterocycles. The molecule has 2 atom stereocenters. The van der Waals surface area contributed by atoms with E-state index in [1.807, 2.05) is 44.2 Å². The van der Waals surface area contributed by atoms with Crippen molar-refractivity contribution in [2.24, 2.45) is 7.05 Å². The second-order valence-electron chi connectivity index (χ2n) is 9.81. The number of benzene rings is 3. The van der Waals surface area contributed by atoms with Crippen molar-refractivity contribution in [3.63, 3.8) is 0 Å². The molecule has 1 N–H and O–H groups in total. The van der Waals surface area contributed by atoms with Crippen molar-refractivity contribution in [2.75, 3.05) is 13.7 Å². The van der Waals surface area contributed by atoms with Gasteiger partial charge in [-0.25, -0.2) is 13.1 Å². The van der Waals surface area contributed by atoms with Crippen LogP contribution in [0.2, 0.25) is 0 Å². The zero-order valence-corrected chi connectivity index (χ0v) is 23.0. The number of methoxy groups -OCH3 is 1. The van der Waals surface area contributed by atoms with Gasteiger partial charge < -0.3 is 14.6 Å². The fourth-order valence-corrected chi connectivity index (χ4v) is 6.71. The Morgan fingerprint density at radius 2 is 1.95 bits per heavy atom. The zero-order valence-electron chi connectivity index (χ0n) is 22.2. The Morgan fingerprint density at radius 3 is 2.69 bits per heavy atom. The molecule has 1 aliphatic rings. The van der Waals surface area contributed by atoms with Crippen LogP contribution in [0.4, 0.5) is 0 Å². The summed E-state index contributed by atoms with van der Waals surface area (Å²) in [6.07, 6.45) is -0.518. The third-order valence-electron chi connectivity index (χ3n) is 7.07. The fourth-order valence-electron chi connectivity index (χ4n) is 5.09. The lowest BCUT2D eigenvalue weighted by atomic mass is 9.86. The average molecular weight is 551 g/mol. The van der Waals surface area contributed by atoms with Gasteiger partial charge in [-0.15, -0.1) is 5.10 Å². The maximum Gasteiger partial charge on any atom is 0.304 e. The number of carboxylic acids is 1. The smallest absolute Gasteiger partial charge is 0.304 e. The van der Waals surface area contributed by atoms with Gasteiger partial charge in [-0.1, -0.05) is 35.5 Å². The second-order valence-corrected chi connectivity index (χ2v) is 11.7. The fraction of sp³-hybridized carbons (Fsp3) is 0.321. The Balaban J connectivity index is 1.56. The Labute approximate surface area is 226 Å². The van der Waals surface area contributed by atoms with Crippen molar-refractivity contribution in [3.05, 3.63) is 76.9 Å². The van der Waals surface area contributed by atoms with Crippen molar-refractivity contribution in [1.82, 2.24) is 19.3 Å². The first-order valence-electron chi connectivity index (χ1n) is 12.5. The van der Waals surface area contributed by atoms with E-state index in [1.165, 1.54) is 4.31 Å². The maximum atomic E-state index is 13.6. The SMILES string of the molecule is COc1cc([C@H](CC(=O)O)c2ccc(C)c(CN3C[C@@H](C)Oc4ccccc4S3(=O)=O)c2)cc2nnn(C)c12. The monoisotopic (exact) mass is 550 g/mol. The van der Waals surface area contributed by atoms with E-state index in [2.05, 4.69) is 10.3 Å². The minimum atomic E-state index is -3.82. The molecule has 10 nitrogen and oxygen atoms in total. The molecule has 0 unspecified atom stereocenters. The molecule has 0 saturated carbocycles. The largest absolute Gasteiger partial charge is 0.494 e. The van der Waals surface area contributed by atoms with Crippen molar-refractivity contribution >= 4 is 27.0 Å². The summed E-state index contributed by atoms with van der Waals surface area (Å²) in [5, 5.41) is 18.1. The number of sulfonamides is 1. The first kappa shape index (κ1) is 26.6. The van der Waals surface area contributed by atoms with Gasteiger partial charge >= 0.3 is 5.97 Å². The summed E-state index contributed by atoms with van der Waals surface area (Å²) in [7, 11) is -0.511. The summed E-state index contributed by atoms with van der Waals surface area (Å²) in [6.45, 7) is 4.06. The molecule has 0 spiro atoms. The van der Waals surface area contributed by atoms with Gasteiger partial charge in [0, 0.05) is 19.5 Å². The van der Waals surface area contributed by atoms with Gasteiger partial charge in [0.15, 0.2) is 0 Å². The van der Waals surface area contributed by atoms with Crippen LogP contribution in [0.3, 0.4) is 0 Å². The predicted octanol–water partition coefficient (Wildman–Crippen LogP) is 3.86. The van der Waals surface area contributed by atoms with E-state index in [0.717, 1.165) is 22.3 Å². The Morgan fingerprint density at radius 1 is 1.18 bits per heavy atom. The van der Waals surface area contributed by atoms with Gasteiger partial charge in [0.25, 0.3) is 0 Å². The molecule has 39 heavy (non-hydrogen) atoms. The highest BCUT2D eigenvalue weighted by Crippen LogP contribution is 2.36. The second kappa shape index (κ2) is 10.3. The molecule has 0 fully saturated rings. The van der Waals surface area contributed by atoms with Gasteiger partial charge in [0.05, 0.1) is 20.1 Å². The molecule has 0 bridgehead atoms. The van der Waals surface area contributed by atoms with Crippen LogP contribution in [0.5, 0.6) is 11.5 Å². The van der Waals surface area contributed by atoms with Crippen LogP contribution in [-0.2, 0) is 28.4 Å². The number of aryl methyl sites for hydroxylation is 2. The molecule has 0 radical (unpaired) electrons. The number of carboxylic acid groups (broad SMARTS) is 1. The van der Waals surface area contributed by atoms with E-state index in [0.29, 0.717) is 22.5 Å². The lowest BCUT2D eigenvalue weighted by molar-refractivity contribution is -0.137. The number of hydrogen-bond acceptors (Lipinski definition) is 7. The number of para-hydroxylation sites is 1. The number of nitrogens with zero attached hydrogens (tertiary/aromatic N) is 4. The third-order valence-corrected chi connectivity index (χ3v) is 8.92. The van der Waals surface area contributed by atoms with Gasteiger partial charge in [-0.2, -0.15) is 4.31 Å². The van der Waals surface area contributed by atoms with Crippen LogP contribution in [0, 0.1) is 6.92 Å². The van der Waals surface area contributed by atoms with Crippen LogP contribution >= 0.6 is 0 Å². The number of fused-ring (bicyclic) bond motifs is 2. The van der Waals surface area contributed by atoms with Gasteiger partial charge in [-0.05, 0) is 60.4 Å². The molecule has 0 aliphatic carbocycles. The molecule has 0 amide bonds. The first-order valence-corrected chi connectivity index (χ1v) is 14.0. The molecule has 204 valence electrons. The van der Waals surface area contributed by atoms with Gasteiger partial charge in [-0.3, -0.25) is 4.79 Å². The first-order chi connectivity index (χ1) is 18.6. The number of rotatable bonds is 7. The molecular weight excluding hydrogens is 520 g/mol. The summed E-state index contributed by atoms with van der Waals surface area (Å²) in [6, 6.07) is 16.0. The lowest BCUT2D eigenvalue weighted by Crippen LogP contribution is -2.35. The zero-order chi connectivity index (χ0) is 27.9. The third kappa shape index (κ3) is 5.07. The molecule has 11 heteroatoms. The molecule has 4 aromatic rings. The summed E-state index contributed by atoms with van der Waals surface area (Å²) >= 11 is 0. The van der Waals surface area contributed by atoms with Crippen LogP contribution in [0.25, 0.3) is 11.0 Å².